The van der Waals surface area contributed by atoms with Crippen LogP contribution in [0.4, 0.5) is 0 Å². The number of thioether (sulfide) groups is 1. The molecular formula is C7H15NS. The Hall–Kier alpha value is -0.110. The highest BCUT2D eigenvalue weighted by atomic mass is 32.2. The fourth-order valence-electron chi connectivity index (χ4n) is 0.400. The molecule has 0 aliphatic carbocycles. The van der Waals surface area contributed by atoms with E-state index in [1.807, 2.05) is 18.0 Å². The van der Waals surface area contributed by atoms with Gasteiger partial charge in [-0.2, -0.15) is 0 Å². The minimum Gasteiger partial charge on any atom is -0.391 e. The molecule has 0 heterocycles. The molecule has 0 aromatic heterocycles. The second-order valence-corrected chi connectivity index (χ2v) is 2.74. The van der Waals surface area contributed by atoms with Gasteiger partial charge in [-0.05, 0) is 24.5 Å². The predicted molar refractivity (Wildman–Crippen MR) is 45.6 cm³/mol. The van der Waals surface area contributed by atoms with Gasteiger partial charge in [0.25, 0.3) is 0 Å². The second kappa shape index (κ2) is 7.89. The van der Waals surface area contributed by atoms with Gasteiger partial charge in [-0.25, -0.2) is 0 Å². The average Bonchev–Trinajstić information content (AvgIpc) is 1.89. The maximum Gasteiger partial charge on any atom is 0.0113 e. The fourth-order valence-corrected chi connectivity index (χ4v) is 0.964. The van der Waals surface area contributed by atoms with E-state index in [0.29, 0.717) is 0 Å². The van der Waals surface area contributed by atoms with Crippen molar-refractivity contribution in [1.29, 1.82) is 0 Å². The Labute approximate surface area is 61.9 Å². The first-order chi connectivity index (χ1) is 4.41. The van der Waals surface area contributed by atoms with Crippen LogP contribution in [-0.2, 0) is 0 Å². The van der Waals surface area contributed by atoms with E-state index in [2.05, 4.69) is 24.6 Å². The maximum atomic E-state index is 3.11. The molecule has 2 heteroatoms. The van der Waals surface area contributed by atoms with E-state index < -0.39 is 0 Å². The van der Waals surface area contributed by atoms with Crippen LogP contribution in [0.5, 0.6) is 0 Å². The van der Waals surface area contributed by atoms with Crippen molar-refractivity contribution >= 4 is 11.8 Å². The van der Waals surface area contributed by atoms with Crippen molar-refractivity contribution in [2.75, 3.05) is 12.3 Å². The summed E-state index contributed by atoms with van der Waals surface area (Å²) in [4.78, 5) is 0. The molecule has 0 saturated heterocycles. The Balaban J connectivity index is 2.86. The quantitative estimate of drug-likeness (QED) is 0.595. The lowest BCUT2D eigenvalue weighted by atomic mass is 10.6. The zero-order chi connectivity index (χ0) is 6.95. The molecule has 54 valence electrons. The summed E-state index contributed by atoms with van der Waals surface area (Å²) in [6.45, 7) is 5.30. The molecule has 0 atom stereocenters. The highest BCUT2D eigenvalue weighted by Gasteiger charge is 1.75. The van der Waals surface area contributed by atoms with Gasteiger partial charge < -0.3 is 5.32 Å². The Morgan fingerprint density at radius 3 is 2.78 bits per heavy atom. The van der Waals surface area contributed by atoms with Crippen LogP contribution in [0.1, 0.15) is 20.3 Å². The predicted octanol–water partition coefficient (Wildman–Crippen LogP) is 2.21. The minimum atomic E-state index is 1.02. The first-order valence-electron chi connectivity index (χ1n) is 3.41. The maximum absolute atomic E-state index is 3.11. The van der Waals surface area contributed by atoms with E-state index in [4.69, 9.17) is 0 Å². The Kier molecular flexibility index (Phi) is 7.79. The van der Waals surface area contributed by atoms with Crippen LogP contribution in [-0.4, -0.2) is 12.3 Å². The third kappa shape index (κ3) is 7.89. The zero-order valence-electron chi connectivity index (χ0n) is 6.18. The normalized spacial score (nSPS) is 10.4. The zero-order valence-corrected chi connectivity index (χ0v) is 7.00. The molecule has 1 nitrogen and oxygen atoms in total. The van der Waals surface area contributed by atoms with Gasteiger partial charge in [0, 0.05) is 12.7 Å². The summed E-state index contributed by atoms with van der Waals surface area (Å²) in [6.07, 6.45) is 3.25. The molecule has 0 aromatic carbocycles. The molecule has 0 aromatic rings. The Morgan fingerprint density at radius 1 is 1.44 bits per heavy atom. The van der Waals surface area contributed by atoms with E-state index in [1.165, 1.54) is 12.2 Å². The van der Waals surface area contributed by atoms with Crippen LogP contribution in [0.15, 0.2) is 11.6 Å². The van der Waals surface area contributed by atoms with E-state index in [1.54, 1.807) is 0 Å². The van der Waals surface area contributed by atoms with Gasteiger partial charge in [-0.1, -0.05) is 6.92 Å². The van der Waals surface area contributed by atoms with Gasteiger partial charge in [-0.15, -0.1) is 11.8 Å². The number of hydrogen-bond acceptors (Lipinski definition) is 2. The molecule has 0 radical (unpaired) electrons. The lowest BCUT2D eigenvalue weighted by Crippen LogP contribution is -2.00. The minimum absolute atomic E-state index is 1.02. The van der Waals surface area contributed by atoms with Gasteiger partial charge in [-0.3, -0.25) is 0 Å². The van der Waals surface area contributed by atoms with Gasteiger partial charge >= 0.3 is 0 Å². The third-order valence-electron chi connectivity index (χ3n) is 0.808. The van der Waals surface area contributed by atoms with Crippen LogP contribution in [0.2, 0.25) is 0 Å². The Morgan fingerprint density at radius 2 is 2.22 bits per heavy atom. The smallest absolute Gasteiger partial charge is 0.0113 e. The standard InChI is InChI=1S/C7H15NS/c1-3-6-9-7-5-8-4-2/h5,7-8H,3-4,6H2,1-2H3/b7-5-. The highest BCUT2D eigenvalue weighted by molar-refractivity contribution is 8.02. The SMILES string of the molecule is CCCS/C=C\NCC. The lowest BCUT2D eigenvalue weighted by molar-refractivity contribution is 0.921. The molecule has 0 aliphatic heterocycles. The largest absolute Gasteiger partial charge is 0.391 e. The molecule has 0 unspecified atom stereocenters. The average molecular weight is 145 g/mol. The van der Waals surface area contributed by atoms with Crippen LogP contribution < -0.4 is 5.32 Å². The van der Waals surface area contributed by atoms with Crippen LogP contribution >= 0.6 is 11.8 Å². The molecule has 0 spiro atoms. The molecule has 0 aliphatic rings. The van der Waals surface area contributed by atoms with E-state index in [9.17, 15) is 0 Å². The lowest BCUT2D eigenvalue weighted by Gasteiger charge is -1.90. The van der Waals surface area contributed by atoms with Crippen molar-refractivity contribution in [3.05, 3.63) is 11.6 Å². The topological polar surface area (TPSA) is 12.0 Å². The summed E-state index contributed by atoms with van der Waals surface area (Å²) in [5.41, 5.74) is 0. The third-order valence-corrected chi connectivity index (χ3v) is 1.78. The first-order valence-corrected chi connectivity index (χ1v) is 4.46. The summed E-state index contributed by atoms with van der Waals surface area (Å²) >= 11 is 1.85. The number of rotatable bonds is 5. The van der Waals surface area contributed by atoms with E-state index >= 15 is 0 Å². The second-order valence-electron chi connectivity index (χ2n) is 1.73. The fraction of sp³-hybridized carbons (Fsp3) is 0.714. The summed E-state index contributed by atoms with van der Waals surface area (Å²) in [5, 5.41) is 5.21. The number of nitrogens with one attached hydrogen (secondary N) is 1. The van der Waals surface area contributed by atoms with Crippen molar-refractivity contribution in [1.82, 2.24) is 5.32 Å². The van der Waals surface area contributed by atoms with Crippen LogP contribution in [0.25, 0.3) is 0 Å². The molecule has 0 rings (SSSR count). The Bertz CT molecular complexity index is 71.3. The van der Waals surface area contributed by atoms with E-state index in [-0.39, 0.29) is 0 Å². The molecule has 1 N–H and O–H groups in total. The summed E-state index contributed by atoms with van der Waals surface area (Å²) in [6, 6.07) is 0. The van der Waals surface area contributed by atoms with Crippen LogP contribution in [0.3, 0.4) is 0 Å². The molecule has 9 heavy (non-hydrogen) atoms. The van der Waals surface area contributed by atoms with Crippen LogP contribution in [0, 0.1) is 0 Å². The van der Waals surface area contributed by atoms with Crippen molar-refractivity contribution < 1.29 is 0 Å². The molecular weight excluding hydrogens is 130 g/mol. The highest BCUT2D eigenvalue weighted by Crippen LogP contribution is 2.01. The molecule has 0 fully saturated rings. The van der Waals surface area contributed by atoms with E-state index in [0.717, 1.165) is 6.54 Å². The van der Waals surface area contributed by atoms with Crippen molar-refractivity contribution in [3.63, 3.8) is 0 Å². The molecule has 0 bridgehead atoms. The van der Waals surface area contributed by atoms with Gasteiger partial charge in [0.15, 0.2) is 0 Å². The van der Waals surface area contributed by atoms with Gasteiger partial charge in [0.2, 0.25) is 0 Å². The summed E-state index contributed by atoms with van der Waals surface area (Å²) in [7, 11) is 0. The summed E-state index contributed by atoms with van der Waals surface area (Å²) in [5.74, 6) is 1.22. The van der Waals surface area contributed by atoms with Crippen molar-refractivity contribution in [2.45, 2.75) is 20.3 Å². The first kappa shape index (κ1) is 8.89. The van der Waals surface area contributed by atoms with Gasteiger partial charge in [0.1, 0.15) is 0 Å². The summed E-state index contributed by atoms with van der Waals surface area (Å²) < 4.78 is 0. The van der Waals surface area contributed by atoms with Crippen molar-refractivity contribution in [2.24, 2.45) is 0 Å². The molecule has 0 amide bonds. The monoisotopic (exact) mass is 145 g/mol. The molecule has 0 saturated carbocycles. The van der Waals surface area contributed by atoms with Gasteiger partial charge in [0.05, 0.1) is 0 Å². The number of hydrogen-bond donors (Lipinski definition) is 1. The van der Waals surface area contributed by atoms with Crippen molar-refractivity contribution in [3.8, 4) is 0 Å².